The smallest absolute Gasteiger partial charge is 0.358 e. The Bertz CT molecular complexity index is 938. The number of nitrogens with one attached hydrogen (secondary N) is 2. The number of benzene rings is 1. The maximum atomic E-state index is 12.8. The molecule has 3 rings (SSSR count). The van der Waals surface area contributed by atoms with Crippen LogP contribution in [0.2, 0.25) is 0 Å². The van der Waals surface area contributed by atoms with E-state index in [9.17, 15) is 18.0 Å². The van der Waals surface area contributed by atoms with Gasteiger partial charge in [-0.2, -0.15) is 22.7 Å². The van der Waals surface area contributed by atoms with Gasteiger partial charge in [-0.15, -0.1) is 5.10 Å². The zero-order chi connectivity index (χ0) is 18.9. The molecule has 1 atom stereocenters. The highest BCUT2D eigenvalue weighted by Crippen LogP contribution is 2.27. The monoisotopic (exact) mass is 364 g/mol. The van der Waals surface area contributed by atoms with Gasteiger partial charge < -0.3 is 10.6 Å². The number of amides is 1. The standard InChI is InChI=1S/C16H15F3N6O/c1-9-8-12(25-15(20-9)23-14(24-25)16(17,18)19)21-10(2)13(26)22-11-6-4-3-5-7-11/h3-8,10,21H,1-2H3,(H,22,26). The van der Waals surface area contributed by atoms with Crippen molar-refractivity contribution < 1.29 is 18.0 Å². The number of halogens is 3. The fourth-order valence-corrected chi connectivity index (χ4v) is 2.27. The number of carbonyl (C=O) groups excluding carboxylic acids is 1. The van der Waals surface area contributed by atoms with Crippen molar-refractivity contribution in [1.29, 1.82) is 0 Å². The first-order valence-electron chi connectivity index (χ1n) is 7.68. The Morgan fingerprint density at radius 1 is 1.19 bits per heavy atom. The van der Waals surface area contributed by atoms with Gasteiger partial charge in [-0.05, 0) is 26.0 Å². The summed E-state index contributed by atoms with van der Waals surface area (Å²) in [6, 6.07) is 9.58. The van der Waals surface area contributed by atoms with Crippen LogP contribution in [0.25, 0.3) is 5.78 Å². The van der Waals surface area contributed by atoms with Crippen LogP contribution in [0.4, 0.5) is 24.7 Å². The molecule has 1 unspecified atom stereocenters. The van der Waals surface area contributed by atoms with E-state index in [0.717, 1.165) is 4.52 Å². The molecule has 10 heteroatoms. The van der Waals surface area contributed by atoms with E-state index >= 15 is 0 Å². The average Bonchev–Trinajstić information content (AvgIpc) is 3.00. The van der Waals surface area contributed by atoms with Crippen molar-refractivity contribution >= 4 is 23.2 Å². The highest BCUT2D eigenvalue weighted by atomic mass is 19.4. The Labute approximate surface area is 146 Å². The van der Waals surface area contributed by atoms with Crippen LogP contribution in [0.15, 0.2) is 36.4 Å². The van der Waals surface area contributed by atoms with E-state index in [4.69, 9.17) is 0 Å². The third kappa shape index (κ3) is 3.73. The number of anilines is 2. The molecule has 0 aliphatic carbocycles. The van der Waals surface area contributed by atoms with Crippen LogP contribution in [-0.4, -0.2) is 31.5 Å². The van der Waals surface area contributed by atoms with Gasteiger partial charge >= 0.3 is 6.18 Å². The van der Waals surface area contributed by atoms with E-state index in [1.165, 1.54) is 6.07 Å². The van der Waals surface area contributed by atoms with Gasteiger partial charge in [-0.25, -0.2) is 4.98 Å². The predicted molar refractivity (Wildman–Crippen MR) is 88.7 cm³/mol. The minimum Gasteiger partial charge on any atom is -0.358 e. The van der Waals surface area contributed by atoms with Gasteiger partial charge in [0.2, 0.25) is 5.91 Å². The number of alkyl halides is 3. The topological polar surface area (TPSA) is 84.2 Å². The number of aromatic nitrogens is 4. The number of nitrogens with zero attached hydrogens (tertiary/aromatic N) is 4. The summed E-state index contributed by atoms with van der Waals surface area (Å²) >= 11 is 0. The van der Waals surface area contributed by atoms with Gasteiger partial charge in [0.1, 0.15) is 11.9 Å². The van der Waals surface area contributed by atoms with Gasteiger partial charge in [0.25, 0.3) is 11.6 Å². The van der Waals surface area contributed by atoms with E-state index in [0.29, 0.717) is 11.4 Å². The van der Waals surface area contributed by atoms with Gasteiger partial charge in [0, 0.05) is 17.4 Å². The largest absolute Gasteiger partial charge is 0.453 e. The van der Waals surface area contributed by atoms with E-state index in [1.807, 2.05) is 6.07 Å². The lowest BCUT2D eigenvalue weighted by Crippen LogP contribution is -2.32. The van der Waals surface area contributed by atoms with Crippen LogP contribution in [0, 0.1) is 6.92 Å². The molecule has 2 aromatic heterocycles. The molecule has 26 heavy (non-hydrogen) atoms. The lowest BCUT2D eigenvalue weighted by molar-refractivity contribution is -0.144. The highest BCUT2D eigenvalue weighted by molar-refractivity contribution is 5.96. The Morgan fingerprint density at radius 2 is 1.88 bits per heavy atom. The lowest BCUT2D eigenvalue weighted by atomic mass is 10.2. The molecule has 0 saturated heterocycles. The van der Waals surface area contributed by atoms with E-state index in [1.54, 1.807) is 38.1 Å². The molecule has 2 heterocycles. The number of fused-ring (bicyclic) bond motifs is 1. The summed E-state index contributed by atoms with van der Waals surface area (Å²) in [6.07, 6.45) is -4.69. The molecule has 1 amide bonds. The maximum Gasteiger partial charge on any atom is 0.453 e. The van der Waals surface area contributed by atoms with E-state index < -0.39 is 18.0 Å². The fourth-order valence-electron chi connectivity index (χ4n) is 2.27. The molecule has 136 valence electrons. The van der Waals surface area contributed by atoms with Crippen LogP contribution in [0.3, 0.4) is 0 Å². The minimum absolute atomic E-state index is 0.186. The number of carbonyl (C=O) groups is 1. The number of rotatable bonds is 4. The first kappa shape index (κ1) is 17.6. The third-order valence-corrected chi connectivity index (χ3v) is 3.49. The molecule has 0 aliphatic rings. The van der Waals surface area contributed by atoms with Crippen molar-refractivity contribution in [2.24, 2.45) is 0 Å². The molecule has 0 fully saturated rings. The Balaban J connectivity index is 1.85. The van der Waals surface area contributed by atoms with E-state index in [-0.39, 0.29) is 17.5 Å². The predicted octanol–water partition coefficient (Wildman–Crippen LogP) is 2.89. The minimum atomic E-state index is -4.69. The van der Waals surface area contributed by atoms with Gasteiger partial charge in [0.15, 0.2) is 0 Å². The van der Waals surface area contributed by atoms with Crippen LogP contribution >= 0.6 is 0 Å². The number of aryl methyl sites for hydroxylation is 1. The first-order valence-corrected chi connectivity index (χ1v) is 7.68. The molecule has 2 N–H and O–H groups in total. The average molecular weight is 364 g/mol. The van der Waals surface area contributed by atoms with Crippen molar-refractivity contribution in [1.82, 2.24) is 19.6 Å². The molecule has 0 spiro atoms. The van der Waals surface area contributed by atoms with Gasteiger partial charge in [-0.3, -0.25) is 4.79 Å². The van der Waals surface area contributed by atoms with Gasteiger partial charge in [0.05, 0.1) is 0 Å². The summed E-state index contributed by atoms with van der Waals surface area (Å²) in [5.74, 6) is -1.66. The Kier molecular flexibility index (Phi) is 4.49. The summed E-state index contributed by atoms with van der Waals surface area (Å²) in [4.78, 5) is 19.6. The van der Waals surface area contributed by atoms with Crippen LogP contribution < -0.4 is 10.6 Å². The second-order valence-electron chi connectivity index (χ2n) is 5.65. The molecule has 1 aromatic carbocycles. The molecular weight excluding hydrogens is 349 g/mol. The van der Waals surface area contributed by atoms with Gasteiger partial charge in [-0.1, -0.05) is 18.2 Å². The summed E-state index contributed by atoms with van der Waals surface area (Å²) in [7, 11) is 0. The second-order valence-corrected chi connectivity index (χ2v) is 5.65. The van der Waals surface area contributed by atoms with Crippen LogP contribution in [0.5, 0.6) is 0 Å². The fraction of sp³-hybridized carbons (Fsp3) is 0.250. The van der Waals surface area contributed by atoms with Crippen molar-refractivity contribution in [3.05, 3.63) is 47.9 Å². The number of hydrogen-bond donors (Lipinski definition) is 2. The summed E-state index contributed by atoms with van der Waals surface area (Å²) in [6.45, 7) is 3.20. The molecule has 0 radical (unpaired) electrons. The number of para-hydroxylation sites is 1. The zero-order valence-electron chi connectivity index (χ0n) is 13.9. The molecule has 7 nitrogen and oxygen atoms in total. The molecule has 0 aliphatic heterocycles. The van der Waals surface area contributed by atoms with Crippen molar-refractivity contribution in [2.45, 2.75) is 26.1 Å². The quantitative estimate of drug-likeness (QED) is 0.744. The molecule has 0 saturated carbocycles. The first-order chi connectivity index (χ1) is 12.2. The second kappa shape index (κ2) is 6.62. The lowest BCUT2D eigenvalue weighted by Gasteiger charge is -2.16. The zero-order valence-corrected chi connectivity index (χ0v) is 13.9. The summed E-state index contributed by atoms with van der Waals surface area (Å²) in [5, 5.41) is 9.01. The Morgan fingerprint density at radius 3 is 2.54 bits per heavy atom. The maximum absolute atomic E-state index is 12.8. The molecule has 3 aromatic rings. The molecular formula is C16H15F3N6O. The van der Waals surface area contributed by atoms with Crippen molar-refractivity contribution in [3.8, 4) is 0 Å². The molecule has 0 bridgehead atoms. The number of hydrogen-bond acceptors (Lipinski definition) is 5. The van der Waals surface area contributed by atoms with Crippen molar-refractivity contribution in [3.63, 3.8) is 0 Å². The van der Waals surface area contributed by atoms with E-state index in [2.05, 4.69) is 25.7 Å². The van der Waals surface area contributed by atoms with Crippen LogP contribution in [-0.2, 0) is 11.0 Å². The normalized spacial score (nSPS) is 12.8. The SMILES string of the molecule is Cc1cc(NC(C)C(=O)Nc2ccccc2)n2nc(C(F)(F)F)nc2n1. The highest BCUT2D eigenvalue weighted by Gasteiger charge is 2.37. The summed E-state index contributed by atoms with van der Waals surface area (Å²) in [5.41, 5.74) is 1.05. The summed E-state index contributed by atoms with van der Waals surface area (Å²) < 4.78 is 39.5. The van der Waals surface area contributed by atoms with Crippen LogP contribution in [0.1, 0.15) is 18.4 Å². The third-order valence-electron chi connectivity index (χ3n) is 3.49. The van der Waals surface area contributed by atoms with Crippen molar-refractivity contribution in [2.75, 3.05) is 10.6 Å². The Hall–Kier alpha value is -3.17.